The van der Waals surface area contributed by atoms with Crippen molar-refractivity contribution in [1.82, 2.24) is 0 Å². The highest BCUT2D eigenvalue weighted by Crippen LogP contribution is 2.04. The summed E-state index contributed by atoms with van der Waals surface area (Å²) in [5.41, 5.74) is 0. The van der Waals surface area contributed by atoms with Crippen LogP contribution >= 0.6 is 15.9 Å². The summed E-state index contributed by atoms with van der Waals surface area (Å²) in [6.45, 7) is 4.18. The molecule has 0 saturated carbocycles. The monoisotopic (exact) mass is 162 g/mol. The molecule has 0 nitrogen and oxygen atoms in total. The SMILES string of the molecule is C/C=C\C(Br)CC. The molecule has 0 amide bonds. The van der Waals surface area contributed by atoms with Crippen LogP contribution in [0.5, 0.6) is 0 Å². The summed E-state index contributed by atoms with van der Waals surface area (Å²) < 4.78 is 0. The molecule has 0 aliphatic carbocycles. The molecule has 7 heavy (non-hydrogen) atoms. The highest BCUT2D eigenvalue weighted by Gasteiger charge is 1.88. The van der Waals surface area contributed by atoms with E-state index in [1.54, 1.807) is 0 Å². The van der Waals surface area contributed by atoms with E-state index in [0.29, 0.717) is 4.83 Å². The number of alkyl halides is 1. The third-order valence-corrected chi connectivity index (χ3v) is 1.74. The summed E-state index contributed by atoms with van der Waals surface area (Å²) in [5, 5.41) is 0. The number of hydrogen-bond donors (Lipinski definition) is 0. The normalized spacial score (nSPS) is 15.3. The second-order valence-electron chi connectivity index (χ2n) is 1.45. The molecule has 42 valence electrons. The third-order valence-electron chi connectivity index (χ3n) is 0.791. The smallest absolute Gasteiger partial charge is 0.0322 e. The quantitative estimate of drug-likeness (QED) is 0.433. The van der Waals surface area contributed by atoms with Crippen LogP contribution in [0, 0.1) is 0 Å². The second kappa shape index (κ2) is 4.38. The lowest BCUT2D eigenvalue weighted by Crippen LogP contribution is -1.85. The molecule has 0 aliphatic rings. The fourth-order valence-electron chi connectivity index (χ4n) is 0.345. The van der Waals surface area contributed by atoms with E-state index in [1.807, 2.05) is 6.92 Å². The minimum atomic E-state index is 0.581. The van der Waals surface area contributed by atoms with Crippen LogP contribution in [-0.4, -0.2) is 4.83 Å². The molecular weight excluding hydrogens is 152 g/mol. The van der Waals surface area contributed by atoms with Crippen LogP contribution in [0.1, 0.15) is 20.3 Å². The third kappa shape index (κ3) is 4.07. The van der Waals surface area contributed by atoms with Gasteiger partial charge in [0, 0.05) is 4.83 Å². The summed E-state index contributed by atoms with van der Waals surface area (Å²) in [6, 6.07) is 0. The largest absolute Gasteiger partial charge is 0.0906 e. The van der Waals surface area contributed by atoms with Gasteiger partial charge in [0.05, 0.1) is 0 Å². The molecule has 0 bridgehead atoms. The van der Waals surface area contributed by atoms with Gasteiger partial charge in [-0.05, 0) is 13.3 Å². The van der Waals surface area contributed by atoms with E-state index in [4.69, 9.17) is 0 Å². The van der Waals surface area contributed by atoms with E-state index in [-0.39, 0.29) is 0 Å². The first-order valence-corrected chi connectivity index (χ1v) is 3.49. The van der Waals surface area contributed by atoms with Crippen LogP contribution in [0.15, 0.2) is 12.2 Å². The molecular formula is C6H11Br. The van der Waals surface area contributed by atoms with Gasteiger partial charge in [-0.1, -0.05) is 35.0 Å². The summed E-state index contributed by atoms with van der Waals surface area (Å²) in [5.74, 6) is 0. The maximum atomic E-state index is 3.45. The molecule has 0 saturated heterocycles. The van der Waals surface area contributed by atoms with Gasteiger partial charge in [-0.15, -0.1) is 0 Å². The standard InChI is InChI=1S/C6H11Br/c1-3-5-6(7)4-2/h3,5-6H,4H2,1-2H3/b5-3-. The van der Waals surface area contributed by atoms with Gasteiger partial charge in [0.15, 0.2) is 0 Å². The Morgan fingerprint density at radius 2 is 2.29 bits per heavy atom. The fraction of sp³-hybridized carbons (Fsp3) is 0.667. The Labute approximate surface area is 53.7 Å². The Morgan fingerprint density at radius 3 is 2.43 bits per heavy atom. The van der Waals surface area contributed by atoms with Crippen molar-refractivity contribution in [2.75, 3.05) is 0 Å². The lowest BCUT2D eigenvalue weighted by molar-refractivity contribution is 0.990. The van der Waals surface area contributed by atoms with Crippen molar-refractivity contribution in [1.29, 1.82) is 0 Å². The van der Waals surface area contributed by atoms with Crippen molar-refractivity contribution in [3.05, 3.63) is 12.2 Å². The second-order valence-corrected chi connectivity index (χ2v) is 2.63. The number of hydrogen-bond acceptors (Lipinski definition) is 0. The molecule has 0 aromatic heterocycles. The molecule has 1 unspecified atom stereocenters. The average molecular weight is 163 g/mol. The summed E-state index contributed by atoms with van der Waals surface area (Å²) in [7, 11) is 0. The first-order chi connectivity index (χ1) is 3.31. The van der Waals surface area contributed by atoms with Gasteiger partial charge >= 0.3 is 0 Å². The van der Waals surface area contributed by atoms with Gasteiger partial charge in [-0.3, -0.25) is 0 Å². The molecule has 0 N–H and O–H groups in total. The average Bonchev–Trinajstić information content (AvgIpc) is 1.68. The molecule has 1 atom stereocenters. The van der Waals surface area contributed by atoms with Crippen molar-refractivity contribution < 1.29 is 0 Å². The molecule has 0 aromatic carbocycles. The van der Waals surface area contributed by atoms with Gasteiger partial charge in [0.1, 0.15) is 0 Å². The summed E-state index contributed by atoms with van der Waals surface area (Å²) in [4.78, 5) is 0.581. The van der Waals surface area contributed by atoms with E-state index in [1.165, 1.54) is 6.42 Å². The van der Waals surface area contributed by atoms with E-state index in [9.17, 15) is 0 Å². The van der Waals surface area contributed by atoms with E-state index < -0.39 is 0 Å². The van der Waals surface area contributed by atoms with Crippen molar-refractivity contribution >= 4 is 15.9 Å². The maximum absolute atomic E-state index is 3.45. The molecule has 0 heterocycles. The molecule has 1 heteroatoms. The Morgan fingerprint density at radius 1 is 1.71 bits per heavy atom. The Kier molecular flexibility index (Phi) is 4.52. The van der Waals surface area contributed by atoms with Crippen LogP contribution in [0.25, 0.3) is 0 Å². The number of allylic oxidation sites excluding steroid dienone is 2. The van der Waals surface area contributed by atoms with Gasteiger partial charge in [-0.2, -0.15) is 0 Å². The first-order valence-electron chi connectivity index (χ1n) is 2.58. The van der Waals surface area contributed by atoms with Crippen LogP contribution < -0.4 is 0 Å². The van der Waals surface area contributed by atoms with Gasteiger partial charge < -0.3 is 0 Å². The molecule has 0 fully saturated rings. The highest BCUT2D eigenvalue weighted by atomic mass is 79.9. The first kappa shape index (κ1) is 7.22. The van der Waals surface area contributed by atoms with Crippen LogP contribution in [0.4, 0.5) is 0 Å². The molecule has 0 aliphatic heterocycles. The van der Waals surface area contributed by atoms with Crippen molar-refractivity contribution in [2.45, 2.75) is 25.1 Å². The van der Waals surface area contributed by atoms with Crippen molar-refractivity contribution in [2.24, 2.45) is 0 Å². The summed E-state index contributed by atoms with van der Waals surface area (Å²) >= 11 is 3.45. The zero-order chi connectivity index (χ0) is 5.70. The van der Waals surface area contributed by atoms with Crippen LogP contribution in [0.3, 0.4) is 0 Å². The predicted octanol–water partition coefficient (Wildman–Crippen LogP) is 2.74. The number of rotatable bonds is 2. The zero-order valence-corrected chi connectivity index (χ0v) is 6.40. The van der Waals surface area contributed by atoms with Crippen LogP contribution in [0.2, 0.25) is 0 Å². The highest BCUT2D eigenvalue weighted by molar-refractivity contribution is 9.09. The van der Waals surface area contributed by atoms with E-state index >= 15 is 0 Å². The number of halogens is 1. The van der Waals surface area contributed by atoms with Crippen molar-refractivity contribution in [3.63, 3.8) is 0 Å². The lowest BCUT2D eigenvalue weighted by atomic mass is 10.3. The Balaban J connectivity index is 3.16. The van der Waals surface area contributed by atoms with Gasteiger partial charge in [-0.25, -0.2) is 0 Å². The Hall–Kier alpha value is 0.220. The Bertz CT molecular complexity index is 57.2. The zero-order valence-electron chi connectivity index (χ0n) is 4.82. The molecule has 0 radical (unpaired) electrons. The van der Waals surface area contributed by atoms with Crippen LogP contribution in [-0.2, 0) is 0 Å². The molecule has 0 spiro atoms. The van der Waals surface area contributed by atoms with E-state index in [0.717, 1.165) is 0 Å². The maximum Gasteiger partial charge on any atom is 0.0322 e. The summed E-state index contributed by atoms with van der Waals surface area (Å²) in [6.07, 6.45) is 5.37. The topological polar surface area (TPSA) is 0 Å². The van der Waals surface area contributed by atoms with Crippen molar-refractivity contribution in [3.8, 4) is 0 Å². The predicted molar refractivity (Wildman–Crippen MR) is 37.8 cm³/mol. The molecule has 0 rings (SSSR count). The van der Waals surface area contributed by atoms with Gasteiger partial charge in [0.25, 0.3) is 0 Å². The minimum Gasteiger partial charge on any atom is -0.0906 e. The minimum absolute atomic E-state index is 0.581. The lowest BCUT2D eigenvalue weighted by Gasteiger charge is -1.93. The molecule has 0 aromatic rings. The fourth-order valence-corrected chi connectivity index (χ4v) is 0.650. The van der Waals surface area contributed by atoms with Gasteiger partial charge in [0.2, 0.25) is 0 Å². The van der Waals surface area contributed by atoms with E-state index in [2.05, 4.69) is 35.0 Å².